The predicted octanol–water partition coefficient (Wildman–Crippen LogP) is 6.41. The van der Waals surface area contributed by atoms with E-state index in [0.29, 0.717) is 40.3 Å². The highest BCUT2D eigenvalue weighted by molar-refractivity contribution is 8.18. The molecule has 0 bridgehead atoms. The Balaban J connectivity index is 1.99. The Bertz CT molecular complexity index is 1130. The third-order valence-electron chi connectivity index (χ3n) is 4.87. The lowest BCUT2D eigenvalue weighted by Crippen LogP contribution is -2.12. The first-order chi connectivity index (χ1) is 16.5. The van der Waals surface area contributed by atoms with Crippen molar-refractivity contribution < 1.29 is 24.1 Å². The van der Waals surface area contributed by atoms with Crippen LogP contribution >= 0.6 is 11.8 Å². The molecule has 0 atom stereocenters. The Kier molecular flexibility index (Phi) is 8.99. The Morgan fingerprint density at radius 2 is 1.82 bits per heavy atom. The molecule has 0 aromatic heterocycles. The average Bonchev–Trinajstić information content (AvgIpc) is 3.13. The molecule has 1 aliphatic heterocycles. The molecule has 6 nitrogen and oxygen atoms in total. The van der Waals surface area contributed by atoms with Crippen molar-refractivity contribution in [1.29, 1.82) is 0 Å². The molecule has 0 saturated heterocycles. The van der Waals surface area contributed by atoms with Gasteiger partial charge in [-0.3, -0.25) is 0 Å². The lowest BCUT2D eigenvalue weighted by atomic mass is 10.1. The van der Waals surface area contributed by atoms with E-state index >= 15 is 0 Å². The second-order valence-electron chi connectivity index (χ2n) is 7.23. The highest BCUT2D eigenvalue weighted by atomic mass is 32.2. The van der Waals surface area contributed by atoms with Crippen molar-refractivity contribution in [3.8, 4) is 11.5 Å². The summed E-state index contributed by atoms with van der Waals surface area (Å²) in [6.45, 7) is 10.4. The summed E-state index contributed by atoms with van der Waals surface area (Å²) < 4.78 is 16.5. The number of hydrogen-bond acceptors (Lipinski definition) is 7. The number of rotatable bonds is 10. The SMILES string of the molecule is C=CCOc1ccc(/C=C2/SC(=Nc3ccc(CC)cc3)C(C(=O)OCC)=C2O)cc1OCC. The van der Waals surface area contributed by atoms with E-state index < -0.39 is 5.97 Å². The minimum Gasteiger partial charge on any atom is -0.506 e. The molecule has 0 spiro atoms. The van der Waals surface area contributed by atoms with E-state index in [4.69, 9.17) is 14.2 Å². The normalized spacial score (nSPS) is 15.6. The molecule has 2 aromatic carbocycles. The van der Waals surface area contributed by atoms with E-state index in [1.54, 1.807) is 25.1 Å². The standard InChI is InChI=1S/C27H29NO5S/c1-5-15-33-21-14-11-19(16-22(21)31-7-3)17-23-25(29)24(27(30)32-8-4)26(34-23)28-20-12-9-18(6-2)10-13-20/h5,9-14,16-17,29H,1,6-8,15H2,2-4H3/b23-17+,28-26?. The molecule has 178 valence electrons. The third kappa shape index (κ3) is 6.11. The van der Waals surface area contributed by atoms with Crippen LogP contribution < -0.4 is 9.47 Å². The van der Waals surface area contributed by atoms with Gasteiger partial charge in [0.15, 0.2) is 11.5 Å². The Morgan fingerprint density at radius 1 is 1.06 bits per heavy atom. The number of thioether (sulfide) groups is 1. The number of nitrogens with zero attached hydrogens (tertiary/aromatic N) is 1. The molecule has 1 heterocycles. The molecule has 1 aliphatic rings. The van der Waals surface area contributed by atoms with E-state index in [2.05, 4.69) is 18.5 Å². The number of carbonyl (C=O) groups is 1. The van der Waals surface area contributed by atoms with Crippen molar-refractivity contribution in [2.24, 2.45) is 4.99 Å². The van der Waals surface area contributed by atoms with Gasteiger partial charge in [0.1, 0.15) is 23.0 Å². The number of aryl methyl sites for hydroxylation is 1. The van der Waals surface area contributed by atoms with Crippen molar-refractivity contribution in [3.05, 3.63) is 82.5 Å². The lowest BCUT2D eigenvalue weighted by Gasteiger charge is -2.11. The molecule has 3 rings (SSSR count). The Labute approximate surface area is 204 Å². The fourth-order valence-corrected chi connectivity index (χ4v) is 4.25. The number of benzene rings is 2. The molecule has 0 radical (unpaired) electrons. The fraction of sp³-hybridized carbons (Fsp3) is 0.259. The Morgan fingerprint density at radius 3 is 2.47 bits per heavy atom. The predicted molar refractivity (Wildman–Crippen MR) is 138 cm³/mol. The van der Waals surface area contributed by atoms with Crippen LogP contribution in [0.3, 0.4) is 0 Å². The zero-order valence-corrected chi connectivity index (χ0v) is 20.5. The number of ether oxygens (including phenoxy) is 3. The maximum Gasteiger partial charge on any atom is 0.344 e. The number of aliphatic imine (C=N–C) groups is 1. The lowest BCUT2D eigenvalue weighted by molar-refractivity contribution is -0.138. The van der Waals surface area contributed by atoms with Gasteiger partial charge in [0.2, 0.25) is 0 Å². The van der Waals surface area contributed by atoms with E-state index in [0.717, 1.165) is 12.0 Å². The van der Waals surface area contributed by atoms with Gasteiger partial charge < -0.3 is 19.3 Å². The van der Waals surface area contributed by atoms with Crippen molar-refractivity contribution in [1.82, 2.24) is 0 Å². The van der Waals surface area contributed by atoms with Gasteiger partial charge in [-0.2, -0.15) is 0 Å². The van der Waals surface area contributed by atoms with Crippen LogP contribution in [0.1, 0.15) is 31.9 Å². The summed E-state index contributed by atoms with van der Waals surface area (Å²) in [5.74, 6) is 0.425. The summed E-state index contributed by atoms with van der Waals surface area (Å²) in [6.07, 6.45) is 4.37. The summed E-state index contributed by atoms with van der Waals surface area (Å²) in [4.78, 5) is 17.7. The average molecular weight is 480 g/mol. The monoisotopic (exact) mass is 479 g/mol. The van der Waals surface area contributed by atoms with Gasteiger partial charge in [0.25, 0.3) is 0 Å². The zero-order valence-electron chi connectivity index (χ0n) is 19.7. The first-order valence-corrected chi connectivity index (χ1v) is 12.0. The van der Waals surface area contributed by atoms with Crippen LogP contribution in [0.5, 0.6) is 11.5 Å². The molecule has 0 fully saturated rings. The first kappa shape index (κ1) is 25.2. The van der Waals surface area contributed by atoms with E-state index in [-0.39, 0.29) is 17.9 Å². The topological polar surface area (TPSA) is 77.4 Å². The van der Waals surface area contributed by atoms with Crippen molar-refractivity contribution in [3.63, 3.8) is 0 Å². The smallest absolute Gasteiger partial charge is 0.344 e. The molecular weight excluding hydrogens is 450 g/mol. The molecule has 2 aromatic rings. The Hall–Kier alpha value is -3.45. The van der Waals surface area contributed by atoms with Gasteiger partial charge in [0, 0.05) is 0 Å². The molecular formula is C27H29NO5S. The van der Waals surface area contributed by atoms with Crippen LogP contribution in [-0.2, 0) is 16.0 Å². The first-order valence-electron chi connectivity index (χ1n) is 11.2. The number of esters is 1. The highest BCUT2D eigenvalue weighted by Crippen LogP contribution is 2.41. The maximum absolute atomic E-state index is 12.6. The van der Waals surface area contributed by atoms with Gasteiger partial charge in [-0.15, -0.1) is 0 Å². The van der Waals surface area contributed by atoms with Gasteiger partial charge >= 0.3 is 5.97 Å². The molecule has 0 saturated carbocycles. The largest absolute Gasteiger partial charge is 0.506 e. The van der Waals surface area contributed by atoms with Gasteiger partial charge in [-0.05, 0) is 61.7 Å². The van der Waals surface area contributed by atoms with Gasteiger partial charge in [0.05, 0.1) is 23.8 Å². The maximum atomic E-state index is 12.6. The summed E-state index contributed by atoms with van der Waals surface area (Å²) in [5.41, 5.74) is 2.73. The van der Waals surface area contributed by atoms with Gasteiger partial charge in [-0.1, -0.05) is 49.5 Å². The second kappa shape index (κ2) is 12.1. The molecule has 0 amide bonds. The summed E-state index contributed by atoms with van der Waals surface area (Å²) in [5, 5.41) is 11.3. The van der Waals surface area contributed by atoms with Crippen LogP contribution in [0, 0.1) is 0 Å². The summed E-state index contributed by atoms with van der Waals surface area (Å²) in [7, 11) is 0. The van der Waals surface area contributed by atoms with Crippen molar-refractivity contribution >= 4 is 34.5 Å². The molecule has 34 heavy (non-hydrogen) atoms. The van der Waals surface area contributed by atoms with Crippen molar-refractivity contribution in [2.75, 3.05) is 19.8 Å². The van der Waals surface area contributed by atoms with Crippen LogP contribution in [-0.4, -0.2) is 35.9 Å². The fourth-order valence-electron chi connectivity index (χ4n) is 3.22. The van der Waals surface area contributed by atoms with Crippen LogP contribution in [0.4, 0.5) is 5.69 Å². The highest BCUT2D eigenvalue weighted by Gasteiger charge is 2.33. The van der Waals surface area contributed by atoms with Crippen LogP contribution in [0.2, 0.25) is 0 Å². The van der Waals surface area contributed by atoms with Crippen LogP contribution in [0.25, 0.3) is 6.08 Å². The van der Waals surface area contributed by atoms with Crippen LogP contribution in [0.15, 0.2) is 76.3 Å². The molecule has 7 heteroatoms. The number of carbonyl (C=O) groups excluding carboxylic acids is 1. The van der Waals surface area contributed by atoms with Crippen molar-refractivity contribution in [2.45, 2.75) is 27.2 Å². The molecule has 1 N–H and O–H groups in total. The zero-order chi connectivity index (χ0) is 24.5. The summed E-state index contributed by atoms with van der Waals surface area (Å²) >= 11 is 1.22. The molecule has 0 aliphatic carbocycles. The number of hydrogen-bond donors (Lipinski definition) is 1. The summed E-state index contributed by atoms with van der Waals surface area (Å²) in [6, 6.07) is 13.3. The molecule has 0 unspecified atom stereocenters. The minimum atomic E-state index is -0.608. The minimum absolute atomic E-state index is 0.0636. The van der Waals surface area contributed by atoms with Gasteiger partial charge in [-0.25, -0.2) is 9.79 Å². The number of aliphatic hydroxyl groups excluding tert-OH is 1. The van der Waals surface area contributed by atoms with E-state index in [1.807, 2.05) is 43.3 Å². The second-order valence-corrected chi connectivity index (χ2v) is 8.26. The third-order valence-corrected chi connectivity index (χ3v) is 5.89. The van der Waals surface area contributed by atoms with E-state index in [1.165, 1.54) is 17.3 Å². The quantitative estimate of drug-likeness (QED) is 0.314. The number of aliphatic hydroxyl groups is 1. The van der Waals surface area contributed by atoms with E-state index in [9.17, 15) is 9.90 Å².